The Kier molecular flexibility index (Phi) is 3.58. The molecule has 0 aliphatic rings. The number of fused-ring (bicyclic) bond motifs is 1. The van der Waals surface area contributed by atoms with Crippen molar-refractivity contribution in [2.45, 2.75) is 13.3 Å². The van der Waals surface area contributed by atoms with E-state index in [9.17, 15) is 10.1 Å². The molecule has 3 aromatic rings. The molecular weight excluding hydrogens is 284 g/mol. The highest BCUT2D eigenvalue weighted by molar-refractivity contribution is 7.23. The first-order chi connectivity index (χ1) is 10.2. The van der Waals surface area contributed by atoms with Crippen LogP contribution in [0.1, 0.15) is 12.5 Å². The Morgan fingerprint density at radius 2 is 1.86 bits per heavy atom. The van der Waals surface area contributed by atoms with Gasteiger partial charge in [0.05, 0.1) is 10.3 Å². The van der Waals surface area contributed by atoms with E-state index in [0.717, 1.165) is 22.4 Å². The lowest BCUT2D eigenvalue weighted by Crippen LogP contribution is -1.96. The number of rotatable bonds is 4. The molecule has 2 aromatic carbocycles. The van der Waals surface area contributed by atoms with E-state index >= 15 is 0 Å². The summed E-state index contributed by atoms with van der Waals surface area (Å²) in [5.74, 6) is 0. The van der Waals surface area contributed by atoms with Crippen LogP contribution in [0, 0.1) is 10.1 Å². The maximum Gasteiger partial charge on any atom is 0.311 e. The van der Waals surface area contributed by atoms with Crippen molar-refractivity contribution >= 4 is 37.8 Å². The molecule has 5 heteroatoms. The zero-order chi connectivity index (χ0) is 14.8. The first-order valence-electron chi connectivity index (χ1n) is 6.71. The summed E-state index contributed by atoms with van der Waals surface area (Å²) >= 11 is 1.41. The topological polar surface area (TPSA) is 55.2 Å². The predicted octanol–water partition coefficient (Wildman–Crippen LogP) is 5.12. The van der Waals surface area contributed by atoms with E-state index in [1.807, 2.05) is 42.5 Å². The number of nitrogens with zero attached hydrogens (tertiary/aromatic N) is 1. The van der Waals surface area contributed by atoms with Gasteiger partial charge in [-0.3, -0.25) is 10.1 Å². The molecule has 0 spiro atoms. The predicted molar refractivity (Wildman–Crippen MR) is 87.6 cm³/mol. The maximum absolute atomic E-state index is 11.4. The van der Waals surface area contributed by atoms with Gasteiger partial charge in [-0.25, -0.2) is 0 Å². The van der Waals surface area contributed by atoms with Gasteiger partial charge in [0.1, 0.15) is 0 Å². The number of nitro groups is 1. The minimum atomic E-state index is -0.310. The molecule has 0 saturated carbocycles. The molecule has 106 valence electrons. The molecule has 21 heavy (non-hydrogen) atoms. The van der Waals surface area contributed by atoms with E-state index in [2.05, 4.69) is 12.2 Å². The number of para-hydroxylation sites is 1. The smallest absolute Gasteiger partial charge is 0.311 e. The minimum absolute atomic E-state index is 0.154. The van der Waals surface area contributed by atoms with Gasteiger partial charge in [0.15, 0.2) is 5.00 Å². The molecule has 4 nitrogen and oxygen atoms in total. The Balaban J connectivity index is 2.12. The first-order valence-corrected chi connectivity index (χ1v) is 7.53. The Morgan fingerprint density at radius 1 is 1.14 bits per heavy atom. The van der Waals surface area contributed by atoms with Crippen LogP contribution >= 0.6 is 11.3 Å². The molecule has 0 saturated heterocycles. The van der Waals surface area contributed by atoms with E-state index in [4.69, 9.17) is 0 Å². The van der Waals surface area contributed by atoms with Crippen LogP contribution in [0.15, 0.2) is 48.5 Å². The second kappa shape index (κ2) is 5.54. The van der Waals surface area contributed by atoms with Crippen molar-refractivity contribution in [3.8, 4) is 0 Å². The zero-order valence-corrected chi connectivity index (χ0v) is 12.3. The fourth-order valence-corrected chi connectivity index (χ4v) is 3.45. The van der Waals surface area contributed by atoms with Crippen LogP contribution in [0.4, 0.5) is 16.4 Å². The molecular formula is C16H14N2O2S. The van der Waals surface area contributed by atoms with Crippen LogP contribution < -0.4 is 5.32 Å². The summed E-state index contributed by atoms with van der Waals surface area (Å²) in [6.07, 6.45) is 0.877. The van der Waals surface area contributed by atoms with Gasteiger partial charge in [0, 0.05) is 10.4 Å². The number of aryl methyl sites for hydroxylation is 1. The van der Waals surface area contributed by atoms with Gasteiger partial charge in [-0.15, -0.1) is 11.3 Å². The number of nitrogens with one attached hydrogen (secondary N) is 1. The average molecular weight is 298 g/mol. The lowest BCUT2D eigenvalue weighted by atomic mass is 10.1. The standard InChI is InChI=1S/C16H14N2O2S/c1-2-11-7-3-5-9-13(11)17-16-15(18(19)20)12-8-4-6-10-14(12)21-16/h3-10,17H,2H2,1H3. The third kappa shape index (κ3) is 2.48. The summed E-state index contributed by atoms with van der Waals surface area (Å²) in [6.45, 7) is 2.07. The highest BCUT2D eigenvalue weighted by atomic mass is 32.1. The van der Waals surface area contributed by atoms with E-state index in [1.165, 1.54) is 11.3 Å². The number of hydrogen-bond acceptors (Lipinski definition) is 4. The highest BCUT2D eigenvalue weighted by Crippen LogP contribution is 2.43. The third-order valence-electron chi connectivity index (χ3n) is 3.40. The summed E-state index contributed by atoms with van der Waals surface area (Å²) in [6, 6.07) is 15.3. The van der Waals surface area contributed by atoms with Gasteiger partial charge < -0.3 is 5.32 Å². The molecule has 0 unspecified atom stereocenters. The van der Waals surface area contributed by atoms with Gasteiger partial charge >= 0.3 is 5.69 Å². The van der Waals surface area contributed by atoms with Crippen molar-refractivity contribution in [2.24, 2.45) is 0 Å². The largest absolute Gasteiger partial charge is 0.341 e. The lowest BCUT2D eigenvalue weighted by Gasteiger charge is -2.08. The Labute approximate surface area is 126 Å². The van der Waals surface area contributed by atoms with Crippen LogP contribution in [0.3, 0.4) is 0 Å². The number of hydrogen-bond donors (Lipinski definition) is 1. The van der Waals surface area contributed by atoms with Crippen molar-refractivity contribution in [2.75, 3.05) is 5.32 Å². The minimum Gasteiger partial charge on any atom is -0.341 e. The Hall–Kier alpha value is -2.40. The fourth-order valence-electron chi connectivity index (χ4n) is 2.37. The summed E-state index contributed by atoms with van der Waals surface area (Å²) in [4.78, 5) is 11.1. The van der Waals surface area contributed by atoms with Gasteiger partial charge in [0.25, 0.3) is 0 Å². The monoisotopic (exact) mass is 298 g/mol. The van der Waals surface area contributed by atoms with E-state index in [1.54, 1.807) is 6.07 Å². The van der Waals surface area contributed by atoms with Crippen LogP contribution in [-0.2, 0) is 6.42 Å². The molecule has 0 amide bonds. The van der Waals surface area contributed by atoms with Crippen LogP contribution in [-0.4, -0.2) is 4.92 Å². The highest BCUT2D eigenvalue weighted by Gasteiger charge is 2.22. The average Bonchev–Trinajstić information content (AvgIpc) is 2.85. The van der Waals surface area contributed by atoms with Crippen molar-refractivity contribution < 1.29 is 4.92 Å². The van der Waals surface area contributed by atoms with Crippen LogP contribution in [0.25, 0.3) is 10.1 Å². The van der Waals surface area contributed by atoms with Crippen molar-refractivity contribution in [3.05, 3.63) is 64.2 Å². The van der Waals surface area contributed by atoms with Crippen LogP contribution in [0.2, 0.25) is 0 Å². The van der Waals surface area contributed by atoms with E-state index in [-0.39, 0.29) is 10.6 Å². The van der Waals surface area contributed by atoms with Crippen molar-refractivity contribution in [1.82, 2.24) is 0 Å². The zero-order valence-electron chi connectivity index (χ0n) is 11.5. The van der Waals surface area contributed by atoms with Gasteiger partial charge in [-0.2, -0.15) is 0 Å². The normalized spacial score (nSPS) is 10.7. The molecule has 0 radical (unpaired) electrons. The van der Waals surface area contributed by atoms with Gasteiger partial charge in [0.2, 0.25) is 0 Å². The summed E-state index contributed by atoms with van der Waals surface area (Å²) in [7, 11) is 0. The Morgan fingerprint density at radius 3 is 2.62 bits per heavy atom. The maximum atomic E-state index is 11.4. The van der Waals surface area contributed by atoms with Gasteiger partial charge in [-0.1, -0.05) is 37.3 Å². The lowest BCUT2D eigenvalue weighted by molar-refractivity contribution is -0.381. The third-order valence-corrected chi connectivity index (χ3v) is 4.47. The second-order valence-corrected chi connectivity index (χ2v) is 5.72. The quantitative estimate of drug-likeness (QED) is 0.537. The SMILES string of the molecule is CCc1ccccc1Nc1sc2ccccc2c1[N+](=O)[O-]. The molecule has 0 fully saturated rings. The van der Waals surface area contributed by atoms with E-state index in [0.29, 0.717) is 10.4 Å². The van der Waals surface area contributed by atoms with Gasteiger partial charge in [-0.05, 0) is 30.2 Å². The molecule has 1 aromatic heterocycles. The molecule has 3 rings (SSSR count). The van der Waals surface area contributed by atoms with Crippen molar-refractivity contribution in [1.29, 1.82) is 0 Å². The molecule has 0 bridgehead atoms. The second-order valence-electron chi connectivity index (χ2n) is 4.67. The summed E-state index contributed by atoms with van der Waals surface area (Å²) in [5.41, 5.74) is 2.22. The fraction of sp³-hybridized carbons (Fsp3) is 0.125. The number of thiophene rings is 1. The molecule has 0 aliphatic carbocycles. The number of benzene rings is 2. The Bertz CT molecular complexity index is 811. The first kappa shape index (κ1) is 13.6. The molecule has 0 atom stereocenters. The molecule has 1 heterocycles. The molecule has 1 N–H and O–H groups in total. The van der Waals surface area contributed by atoms with Crippen molar-refractivity contribution in [3.63, 3.8) is 0 Å². The molecule has 0 aliphatic heterocycles. The summed E-state index contributed by atoms with van der Waals surface area (Å²) in [5, 5.41) is 15.9. The number of anilines is 2. The summed E-state index contributed by atoms with van der Waals surface area (Å²) < 4.78 is 0.917. The van der Waals surface area contributed by atoms with E-state index < -0.39 is 0 Å². The van der Waals surface area contributed by atoms with Crippen LogP contribution in [0.5, 0.6) is 0 Å².